The monoisotopic (exact) mass is 190 g/mol. The average molecular weight is 190 g/mol. The van der Waals surface area contributed by atoms with Gasteiger partial charge in [0.05, 0.1) is 0 Å². The molecule has 0 fully saturated rings. The number of hydrogen-bond acceptors (Lipinski definition) is 2. The fraction of sp³-hybridized carbons (Fsp3) is 0.0909. The number of hydrogen-bond donors (Lipinski definition) is 1. The molecule has 0 radical (unpaired) electrons. The highest BCUT2D eigenvalue weighted by Crippen LogP contribution is 2.38. The lowest BCUT2D eigenvalue weighted by Gasteiger charge is -2.02. The maximum absolute atomic E-state index is 5.52. The van der Waals surface area contributed by atoms with E-state index in [-0.39, 0.29) is 5.44 Å². The van der Waals surface area contributed by atoms with Gasteiger partial charge in [0.25, 0.3) is 0 Å². The SMILES string of the molecule is C=C/C=C1/c2ccccc2OC1S. The second kappa shape index (κ2) is 3.30. The number of benzene rings is 1. The number of allylic oxidation sites excluding steroid dienone is 2. The summed E-state index contributed by atoms with van der Waals surface area (Å²) in [7, 11) is 0. The van der Waals surface area contributed by atoms with Crippen LogP contribution in [0, 0.1) is 0 Å². The van der Waals surface area contributed by atoms with Crippen molar-refractivity contribution < 1.29 is 4.74 Å². The van der Waals surface area contributed by atoms with Crippen LogP contribution in [-0.2, 0) is 0 Å². The summed E-state index contributed by atoms with van der Waals surface area (Å²) in [6.45, 7) is 3.67. The van der Waals surface area contributed by atoms with Crippen molar-refractivity contribution in [3.63, 3.8) is 0 Å². The summed E-state index contributed by atoms with van der Waals surface area (Å²) in [5, 5.41) is 0. The molecule has 13 heavy (non-hydrogen) atoms. The van der Waals surface area contributed by atoms with Crippen LogP contribution < -0.4 is 4.74 Å². The fourth-order valence-corrected chi connectivity index (χ4v) is 1.76. The molecule has 2 rings (SSSR count). The molecule has 0 saturated heterocycles. The maximum Gasteiger partial charge on any atom is 0.167 e. The van der Waals surface area contributed by atoms with Gasteiger partial charge in [-0.05, 0) is 6.07 Å². The summed E-state index contributed by atoms with van der Waals surface area (Å²) in [6, 6.07) is 7.92. The van der Waals surface area contributed by atoms with Gasteiger partial charge < -0.3 is 4.74 Å². The third-order valence-electron chi connectivity index (χ3n) is 2.00. The van der Waals surface area contributed by atoms with Crippen LogP contribution in [0.1, 0.15) is 5.56 Å². The molecule has 1 nitrogen and oxygen atoms in total. The molecule has 1 unspecified atom stereocenters. The van der Waals surface area contributed by atoms with Crippen molar-refractivity contribution in [3.05, 3.63) is 48.6 Å². The van der Waals surface area contributed by atoms with Crippen molar-refractivity contribution in [2.45, 2.75) is 5.44 Å². The number of para-hydroxylation sites is 1. The van der Waals surface area contributed by atoms with Crippen LogP contribution in [-0.4, -0.2) is 5.44 Å². The Bertz CT molecular complexity index is 368. The van der Waals surface area contributed by atoms with E-state index in [0.29, 0.717) is 0 Å². The smallest absolute Gasteiger partial charge is 0.167 e. The number of ether oxygens (including phenoxy) is 1. The Hall–Kier alpha value is -1.15. The molecule has 0 bridgehead atoms. The molecule has 1 aromatic carbocycles. The Morgan fingerprint density at radius 1 is 1.38 bits per heavy atom. The largest absolute Gasteiger partial charge is 0.475 e. The van der Waals surface area contributed by atoms with Gasteiger partial charge in [-0.1, -0.05) is 36.9 Å². The van der Waals surface area contributed by atoms with Crippen LogP contribution in [0.4, 0.5) is 0 Å². The van der Waals surface area contributed by atoms with Gasteiger partial charge in [-0.15, -0.1) is 12.6 Å². The zero-order chi connectivity index (χ0) is 9.26. The van der Waals surface area contributed by atoms with Gasteiger partial charge in [0.15, 0.2) is 5.44 Å². The summed E-state index contributed by atoms with van der Waals surface area (Å²) in [6.07, 6.45) is 3.69. The highest BCUT2D eigenvalue weighted by molar-refractivity contribution is 7.81. The van der Waals surface area contributed by atoms with Gasteiger partial charge in [0.1, 0.15) is 5.75 Å². The van der Waals surface area contributed by atoms with E-state index in [2.05, 4.69) is 19.2 Å². The molecule has 1 aromatic rings. The molecule has 2 heteroatoms. The lowest BCUT2D eigenvalue weighted by molar-refractivity contribution is 0.361. The molecular weight excluding hydrogens is 180 g/mol. The second-order valence-electron chi connectivity index (χ2n) is 2.82. The molecule has 0 aliphatic carbocycles. The molecule has 66 valence electrons. The van der Waals surface area contributed by atoms with E-state index >= 15 is 0 Å². The van der Waals surface area contributed by atoms with Gasteiger partial charge in [0, 0.05) is 11.1 Å². The first-order valence-corrected chi connectivity index (χ1v) is 4.61. The van der Waals surface area contributed by atoms with Gasteiger partial charge in [-0.25, -0.2) is 0 Å². The van der Waals surface area contributed by atoms with Gasteiger partial charge in [-0.2, -0.15) is 0 Å². The summed E-state index contributed by atoms with van der Waals surface area (Å²) in [5.74, 6) is 0.899. The first-order chi connectivity index (χ1) is 6.33. The van der Waals surface area contributed by atoms with Gasteiger partial charge >= 0.3 is 0 Å². The molecule has 1 aliphatic heterocycles. The predicted octanol–water partition coefficient (Wildman–Crippen LogP) is 2.90. The number of thiol groups is 1. The van der Waals surface area contributed by atoms with Gasteiger partial charge in [0.2, 0.25) is 0 Å². The van der Waals surface area contributed by atoms with Crippen LogP contribution in [0.15, 0.2) is 43.0 Å². The van der Waals surface area contributed by atoms with Crippen molar-refractivity contribution >= 4 is 18.2 Å². The molecule has 0 aromatic heterocycles. The number of rotatable bonds is 1. The third-order valence-corrected chi connectivity index (χ3v) is 2.38. The normalized spacial score (nSPS) is 22.5. The first-order valence-electron chi connectivity index (χ1n) is 4.09. The highest BCUT2D eigenvalue weighted by atomic mass is 32.1. The van der Waals surface area contributed by atoms with Crippen molar-refractivity contribution in [1.82, 2.24) is 0 Å². The topological polar surface area (TPSA) is 9.23 Å². The Kier molecular flexibility index (Phi) is 2.15. The van der Waals surface area contributed by atoms with Crippen LogP contribution in [0.25, 0.3) is 5.57 Å². The summed E-state index contributed by atoms with van der Waals surface area (Å²) < 4.78 is 5.52. The Balaban J connectivity index is 2.52. The summed E-state index contributed by atoms with van der Waals surface area (Å²) in [5.41, 5.74) is 2.03. The van der Waals surface area contributed by atoms with Crippen LogP contribution in [0.2, 0.25) is 0 Å². The fourth-order valence-electron chi connectivity index (χ4n) is 1.42. The molecule has 0 saturated carbocycles. The molecule has 1 atom stereocenters. The molecular formula is C11H10OS. The van der Waals surface area contributed by atoms with Crippen LogP contribution in [0.3, 0.4) is 0 Å². The quantitative estimate of drug-likeness (QED) is 0.670. The maximum atomic E-state index is 5.52. The van der Waals surface area contributed by atoms with Crippen molar-refractivity contribution in [1.29, 1.82) is 0 Å². The Labute approximate surface area is 83.1 Å². The zero-order valence-electron chi connectivity index (χ0n) is 7.10. The Morgan fingerprint density at radius 3 is 2.92 bits per heavy atom. The van der Waals surface area contributed by atoms with E-state index < -0.39 is 0 Å². The molecule has 0 N–H and O–H groups in total. The molecule has 0 amide bonds. The first kappa shape index (κ1) is 8.45. The van der Waals surface area contributed by atoms with E-state index in [1.54, 1.807) is 6.08 Å². The average Bonchev–Trinajstić information content (AvgIpc) is 2.44. The second-order valence-corrected chi connectivity index (χ2v) is 3.29. The minimum absolute atomic E-state index is 0.157. The minimum Gasteiger partial charge on any atom is -0.475 e. The predicted molar refractivity (Wildman–Crippen MR) is 58.0 cm³/mol. The van der Waals surface area contributed by atoms with Crippen molar-refractivity contribution in [3.8, 4) is 5.75 Å². The van der Waals surface area contributed by atoms with Crippen LogP contribution in [0.5, 0.6) is 5.75 Å². The number of fused-ring (bicyclic) bond motifs is 1. The van der Waals surface area contributed by atoms with E-state index in [9.17, 15) is 0 Å². The molecule has 0 spiro atoms. The standard InChI is InChI=1S/C11H10OS/c1-2-5-9-8-6-3-4-7-10(8)12-11(9)13/h2-7,11,13H,1H2/b9-5-. The van der Waals surface area contributed by atoms with E-state index in [0.717, 1.165) is 16.9 Å². The Morgan fingerprint density at radius 2 is 2.15 bits per heavy atom. The van der Waals surface area contributed by atoms with Crippen LogP contribution >= 0.6 is 12.6 Å². The van der Waals surface area contributed by atoms with Crippen molar-refractivity contribution in [2.24, 2.45) is 0 Å². The zero-order valence-corrected chi connectivity index (χ0v) is 8.00. The molecule has 1 heterocycles. The van der Waals surface area contributed by atoms with Gasteiger partial charge in [-0.3, -0.25) is 0 Å². The third kappa shape index (κ3) is 1.38. The molecule has 1 aliphatic rings. The van der Waals surface area contributed by atoms with E-state index in [4.69, 9.17) is 4.74 Å². The summed E-state index contributed by atoms with van der Waals surface area (Å²) in [4.78, 5) is 0. The van der Waals surface area contributed by atoms with Crippen molar-refractivity contribution in [2.75, 3.05) is 0 Å². The lowest BCUT2D eigenvalue weighted by atomic mass is 10.1. The highest BCUT2D eigenvalue weighted by Gasteiger charge is 2.24. The summed E-state index contributed by atoms with van der Waals surface area (Å²) >= 11 is 4.33. The van der Waals surface area contributed by atoms with E-state index in [1.165, 1.54) is 0 Å². The lowest BCUT2D eigenvalue weighted by Crippen LogP contribution is -2.01. The minimum atomic E-state index is -0.157. The van der Waals surface area contributed by atoms with E-state index in [1.807, 2.05) is 30.3 Å².